The Morgan fingerprint density at radius 1 is 1.30 bits per heavy atom. The molecule has 1 aromatic heterocycles. The van der Waals surface area contributed by atoms with Crippen LogP contribution in [-0.2, 0) is 16.8 Å². The summed E-state index contributed by atoms with van der Waals surface area (Å²) in [7, 11) is 0. The van der Waals surface area contributed by atoms with E-state index in [9.17, 15) is 14.0 Å². The molecule has 1 aliphatic carbocycles. The van der Waals surface area contributed by atoms with Gasteiger partial charge in [-0.05, 0) is 50.1 Å². The van der Waals surface area contributed by atoms with Crippen LogP contribution < -0.4 is 10.9 Å². The van der Waals surface area contributed by atoms with Crippen LogP contribution in [0.2, 0.25) is 0 Å². The number of aromatic amines is 1. The average Bonchev–Trinajstić information content (AvgIpc) is 3.10. The molecule has 0 radical (unpaired) electrons. The fraction of sp³-hybridized carbons (Fsp3) is 0.450. The maximum Gasteiger partial charge on any atom is 0.254 e. The van der Waals surface area contributed by atoms with Crippen molar-refractivity contribution >= 4 is 17.7 Å². The molecule has 3 rings (SSSR count). The minimum absolute atomic E-state index is 0.103. The lowest BCUT2D eigenvalue weighted by Gasteiger charge is -2.31. The second-order valence-corrected chi connectivity index (χ2v) is 7.78. The standard InChI is InChI=1S/C20H24FN3O2S/c1-13-16(18(26)23-19(22-13)27-2)9-10-17(25)24-20(11-3-4-12-20)14-5-7-15(21)8-6-14/h5-8H,3-4,9-12H2,1-2H3,(H,24,25)(H,22,23,26). The van der Waals surface area contributed by atoms with Gasteiger partial charge in [-0.2, -0.15) is 0 Å². The number of carbonyl (C=O) groups is 1. The molecule has 1 aliphatic rings. The van der Waals surface area contributed by atoms with Crippen molar-refractivity contribution in [3.63, 3.8) is 0 Å². The van der Waals surface area contributed by atoms with Gasteiger partial charge in [0.2, 0.25) is 5.91 Å². The third-order valence-corrected chi connectivity index (χ3v) is 5.81. The minimum Gasteiger partial charge on any atom is -0.347 e. The van der Waals surface area contributed by atoms with E-state index < -0.39 is 5.54 Å². The molecule has 1 amide bonds. The number of aryl methyl sites for hydroxylation is 1. The van der Waals surface area contributed by atoms with Crippen LogP contribution in [0.4, 0.5) is 4.39 Å². The maximum atomic E-state index is 13.3. The van der Waals surface area contributed by atoms with Gasteiger partial charge in [0.05, 0.1) is 5.54 Å². The van der Waals surface area contributed by atoms with Gasteiger partial charge in [-0.15, -0.1) is 0 Å². The van der Waals surface area contributed by atoms with Gasteiger partial charge in [0.15, 0.2) is 5.16 Å². The first-order valence-electron chi connectivity index (χ1n) is 9.14. The number of H-pyrrole nitrogens is 1. The molecule has 27 heavy (non-hydrogen) atoms. The van der Waals surface area contributed by atoms with Gasteiger partial charge in [0.25, 0.3) is 5.56 Å². The lowest BCUT2D eigenvalue weighted by molar-refractivity contribution is -0.123. The monoisotopic (exact) mass is 389 g/mol. The summed E-state index contributed by atoms with van der Waals surface area (Å²) in [6.45, 7) is 1.79. The molecule has 1 saturated carbocycles. The highest BCUT2D eigenvalue weighted by Crippen LogP contribution is 2.38. The average molecular weight is 389 g/mol. The Bertz CT molecular complexity index is 874. The third kappa shape index (κ3) is 4.40. The number of benzene rings is 1. The number of nitrogens with one attached hydrogen (secondary N) is 2. The highest BCUT2D eigenvalue weighted by molar-refractivity contribution is 7.98. The number of amides is 1. The number of nitrogens with zero attached hydrogens (tertiary/aromatic N) is 1. The predicted octanol–water partition coefficient (Wildman–Crippen LogP) is 3.46. The van der Waals surface area contributed by atoms with Crippen molar-refractivity contribution in [3.8, 4) is 0 Å². The van der Waals surface area contributed by atoms with E-state index >= 15 is 0 Å². The van der Waals surface area contributed by atoms with Crippen molar-refractivity contribution in [1.82, 2.24) is 15.3 Å². The van der Waals surface area contributed by atoms with Crippen LogP contribution in [0.1, 0.15) is 48.9 Å². The number of carbonyl (C=O) groups excluding carboxylic acids is 1. The van der Waals surface area contributed by atoms with E-state index in [1.54, 1.807) is 19.1 Å². The molecule has 5 nitrogen and oxygen atoms in total. The molecular weight excluding hydrogens is 365 g/mol. The summed E-state index contributed by atoms with van der Waals surface area (Å²) in [5, 5.41) is 3.74. The number of hydrogen-bond donors (Lipinski definition) is 2. The lowest BCUT2D eigenvalue weighted by Crippen LogP contribution is -2.44. The number of rotatable bonds is 6. The molecule has 0 atom stereocenters. The van der Waals surface area contributed by atoms with Gasteiger partial charge in [-0.25, -0.2) is 9.37 Å². The van der Waals surface area contributed by atoms with Crippen LogP contribution in [0.5, 0.6) is 0 Å². The lowest BCUT2D eigenvalue weighted by atomic mass is 9.88. The molecule has 2 N–H and O–H groups in total. The first-order chi connectivity index (χ1) is 12.9. The summed E-state index contributed by atoms with van der Waals surface area (Å²) >= 11 is 1.38. The Balaban J connectivity index is 1.71. The molecule has 1 aromatic carbocycles. The van der Waals surface area contributed by atoms with Crippen molar-refractivity contribution in [3.05, 3.63) is 57.3 Å². The molecule has 144 valence electrons. The topological polar surface area (TPSA) is 74.8 Å². The number of hydrogen-bond acceptors (Lipinski definition) is 4. The van der Waals surface area contributed by atoms with Gasteiger partial charge in [-0.1, -0.05) is 36.7 Å². The Labute approximate surface area is 162 Å². The van der Waals surface area contributed by atoms with Crippen LogP contribution in [0, 0.1) is 12.7 Å². The molecule has 0 saturated heterocycles. The quantitative estimate of drug-likeness (QED) is 0.586. The van der Waals surface area contributed by atoms with E-state index in [4.69, 9.17) is 0 Å². The van der Waals surface area contributed by atoms with Crippen molar-refractivity contribution in [2.45, 2.75) is 56.1 Å². The Hall–Kier alpha value is -2.15. The summed E-state index contributed by atoms with van der Waals surface area (Å²) < 4.78 is 13.3. The van der Waals surface area contributed by atoms with Crippen LogP contribution in [-0.4, -0.2) is 22.1 Å². The van der Waals surface area contributed by atoms with E-state index in [-0.39, 0.29) is 23.7 Å². The zero-order valence-corrected chi connectivity index (χ0v) is 16.4. The summed E-state index contributed by atoms with van der Waals surface area (Å²) in [4.78, 5) is 31.9. The molecule has 2 aromatic rings. The number of thioether (sulfide) groups is 1. The van der Waals surface area contributed by atoms with Crippen LogP contribution >= 0.6 is 11.8 Å². The second kappa shape index (κ2) is 8.25. The molecule has 1 fully saturated rings. The Morgan fingerprint density at radius 2 is 1.96 bits per heavy atom. The van der Waals surface area contributed by atoms with Crippen molar-refractivity contribution < 1.29 is 9.18 Å². The van der Waals surface area contributed by atoms with Gasteiger partial charge in [0.1, 0.15) is 5.82 Å². The van der Waals surface area contributed by atoms with E-state index in [0.717, 1.165) is 31.2 Å². The highest BCUT2D eigenvalue weighted by atomic mass is 32.2. The summed E-state index contributed by atoms with van der Waals surface area (Å²) in [5.41, 5.74) is 1.52. The van der Waals surface area contributed by atoms with Crippen LogP contribution in [0.15, 0.2) is 34.2 Å². The zero-order valence-electron chi connectivity index (χ0n) is 15.6. The highest BCUT2D eigenvalue weighted by Gasteiger charge is 2.36. The fourth-order valence-corrected chi connectivity index (χ4v) is 4.20. The fourth-order valence-electron chi connectivity index (χ4n) is 3.78. The molecule has 7 heteroatoms. The van der Waals surface area contributed by atoms with Gasteiger partial charge < -0.3 is 10.3 Å². The van der Waals surface area contributed by atoms with Crippen molar-refractivity contribution in [1.29, 1.82) is 0 Å². The smallest absolute Gasteiger partial charge is 0.254 e. The van der Waals surface area contributed by atoms with Crippen LogP contribution in [0.3, 0.4) is 0 Å². The zero-order chi connectivity index (χ0) is 19.4. The normalized spacial score (nSPS) is 15.7. The molecule has 0 aliphatic heterocycles. The largest absolute Gasteiger partial charge is 0.347 e. The van der Waals surface area contributed by atoms with E-state index in [1.807, 2.05) is 6.26 Å². The minimum atomic E-state index is -0.437. The van der Waals surface area contributed by atoms with Crippen molar-refractivity contribution in [2.75, 3.05) is 6.26 Å². The first kappa shape index (κ1) is 19.6. The van der Waals surface area contributed by atoms with Gasteiger partial charge in [0, 0.05) is 17.7 Å². The van der Waals surface area contributed by atoms with Gasteiger partial charge in [-0.3, -0.25) is 9.59 Å². The van der Waals surface area contributed by atoms with E-state index in [1.165, 1.54) is 23.9 Å². The maximum absolute atomic E-state index is 13.3. The van der Waals surface area contributed by atoms with Crippen LogP contribution in [0.25, 0.3) is 0 Å². The summed E-state index contributed by atoms with van der Waals surface area (Å²) in [6, 6.07) is 6.37. The SMILES string of the molecule is CSc1nc(C)c(CCC(=O)NC2(c3ccc(F)cc3)CCCC2)c(=O)[nH]1. The first-order valence-corrected chi connectivity index (χ1v) is 10.4. The predicted molar refractivity (Wildman–Crippen MR) is 104 cm³/mol. The van der Waals surface area contributed by atoms with Gasteiger partial charge >= 0.3 is 0 Å². The van der Waals surface area contributed by atoms with E-state index in [2.05, 4.69) is 15.3 Å². The van der Waals surface area contributed by atoms with E-state index in [0.29, 0.717) is 22.8 Å². The third-order valence-electron chi connectivity index (χ3n) is 5.23. The molecule has 0 unspecified atom stereocenters. The molecule has 0 spiro atoms. The number of aromatic nitrogens is 2. The molecular formula is C20H24FN3O2S. The Morgan fingerprint density at radius 3 is 2.56 bits per heavy atom. The van der Waals surface area contributed by atoms with Crippen molar-refractivity contribution in [2.24, 2.45) is 0 Å². The molecule has 0 bridgehead atoms. The summed E-state index contributed by atoms with van der Waals surface area (Å²) in [5.74, 6) is -0.386. The summed E-state index contributed by atoms with van der Waals surface area (Å²) in [6.07, 6.45) is 6.14. The second-order valence-electron chi connectivity index (χ2n) is 6.98. The number of halogens is 1. The Kier molecular flexibility index (Phi) is 5.99. The molecule has 1 heterocycles.